The summed E-state index contributed by atoms with van der Waals surface area (Å²) in [6, 6.07) is 9.89. The molecular formula is C16H27IN4O. The summed E-state index contributed by atoms with van der Waals surface area (Å²) in [6.07, 6.45) is 0.426. The van der Waals surface area contributed by atoms with E-state index in [4.69, 9.17) is 0 Å². The maximum atomic E-state index is 11.7. The number of nitrogens with one attached hydrogen (secondary N) is 3. The van der Waals surface area contributed by atoms with Gasteiger partial charge in [-0.05, 0) is 11.5 Å². The number of benzene rings is 1. The number of hydrogen-bond donors (Lipinski definition) is 3. The molecule has 1 amide bonds. The Bertz CT molecular complexity index is 449. The van der Waals surface area contributed by atoms with Crippen LogP contribution >= 0.6 is 24.0 Å². The van der Waals surface area contributed by atoms with Gasteiger partial charge in [-0.2, -0.15) is 0 Å². The van der Waals surface area contributed by atoms with E-state index < -0.39 is 0 Å². The van der Waals surface area contributed by atoms with Crippen LogP contribution in [0.2, 0.25) is 0 Å². The zero-order chi connectivity index (χ0) is 15.5. The van der Waals surface area contributed by atoms with Gasteiger partial charge in [0.1, 0.15) is 0 Å². The summed E-state index contributed by atoms with van der Waals surface area (Å²) in [5.41, 5.74) is 1.10. The third kappa shape index (κ3) is 9.59. The number of guanidine groups is 1. The lowest BCUT2D eigenvalue weighted by molar-refractivity contribution is -0.121. The minimum absolute atomic E-state index is 0. The Morgan fingerprint density at radius 1 is 1.14 bits per heavy atom. The van der Waals surface area contributed by atoms with Crippen LogP contribution < -0.4 is 16.0 Å². The molecule has 0 aromatic heterocycles. The summed E-state index contributed by atoms with van der Waals surface area (Å²) in [5.74, 6) is 1.32. The van der Waals surface area contributed by atoms with Gasteiger partial charge in [-0.25, -0.2) is 0 Å². The van der Waals surface area contributed by atoms with Crippen molar-refractivity contribution in [2.75, 3.05) is 20.1 Å². The quantitative estimate of drug-likeness (QED) is 0.361. The predicted molar refractivity (Wildman–Crippen MR) is 103 cm³/mol. The molecule has 0 heterocycles. The highest BCUT2D eigenvalue weighted by Gasteiger charge is 2.03. The molecule has 0 unspecified atom stereocenters. The van der Waals surface area contributed by atoms with Crippen molar-refractivity contribution in [1.29, 1.82) is 0 Å². The van der Waals surface area contributed by atoms with Crippen LogP contribution in [-0.4, -0.2) is 32.0 Å². The first-order valence-corrected chi connectivity index (χ1v) is 7.37. The van der Waals surface area contributed by atoms with E-state index in [1.54, 1.807) is 7.05 Å². The lowest BCUT2D eigenvalue weighted by Crippen LogP contribution is -2.40. The number of hydrogen-bond acceptors (Lipinski definition) is 2. The zero-order valence-corrected chi connectivity index (χ0v) is 15.9. The molecule has 0 atom stereocenters. The van der Waals surface area contributed by atoms with Gasteiger partial charge in [0, 0.05) is 33.1 Å². The smallest absolute Gasteiger partial charge is 0.222 e. The number of aliphatic imine (C=N–C) groups is 1. The molecule has 0 bridgehead atoms. The lowest BCUT2D eigenvalue weighted by Gasteiger charge is -2.13. The van der Waals surface area contributed by atoms with Crippen molar-refractivity contribution in [3.8, 4) is 0 Å². The number of halogens is 1. The Morgan fingerprint density at radius 2 is 1.82 bits per heavy atom. The zero-order valence-electron chi connectivity index (χ0n) is 13.6. The van der Waals surface area contributed by atoms with Gasteiger partial charge >= 0.3 is 0 Å². The van der Waals surface area contributed by atoms with Gasteiger partial charge in [0.25, 0.3) is 0 Å². The van der Waals surface area contributed by atoms with Gasteiger partial charge in [-0.1, -0.05) is 44.2 Å². The highest BCUT2D eigenvalue weighted by atomic mass is 127. The van der Waals surface area contributed by atoms with E-state index in [-0.39, 0.29) is 29.9 Å². The molecule has 0 spiro atoms. The fraction of sp³-hybridized carbons (Fsp3) is 0.500. The van der Waals surface area contributed by atoms with Crippen LogP contribution in [0.4, 0.5) is 0 Å². The Kier molecular flexibility index (Phi) is 11.5. The van der Waals surface area contributed by atoms with Crippen molar-refractivity contribution in [1.82, 2.24) is 16.0 Å². The monoisotopic (exact) mass is 418 g/mol. The maximum Gasteiger partial charge on any atom is 0.222 e. The van der Waals surface area contributed by atoms with Crippen LogP contribution in [0, 0.1) is 5.92 Å². The number of amides is 1. The molecule has 0 aliphatic heterocycles. The SMILES string of the molecule is CN=C(NCCC(=O)NCc1ccccc1)NCC(C)C.I. The highest BCUT2D eigenvalue weighted by molar-refractivity contribution is 14.0. The van der Waals surface area contributed by atoms with Gasteiger partial charge < -0.3 is 16.0 Å². The second-order valence-electron chi connectivity index (χ2n) is 5.29. The average molecular weight is 418 g/mol. The number of nitrogens with zero attached hydrogens (tertiary/aromatic N) is 1. The van der Waals surface area contributed by atoms with E-state index in [1.165, 1.54) is 0 Å². The Balaban J connectivity index is 0.00000441. The Morgan fingerprint density at radius 3 is 2.41 bits per heavy atom. The molecule has 0 aliphatic carbocycles. The molecule has 0 radical (unpaired) electrons. The molecule has 6 heteroatoms. The van der Waals surface area contributed by atoms with Crippen molar-refractivity contribution in [2.45, 2.75) is 26.8 Å². The second-order valence-corrected chi connectivity index (χ2v) is 5.29. The Hall–Kier alpha value is -1.31. The van der Waals surface area contributed by atoms with Crippen molar-refractivity contribution < 1.29 is 4.79 Å². The van der Waals surface area contributed by atoms with E-state index in [9.17, 15) is 4.79 Å². The van der Waals surface area contributed by atoms with E-state index in [2.05, 4.69) is 34.8 Å². The Labute approximate surface area is 150 Å². The largest absolute Gasteiger partial charge is 0.356 e. The predicted octanol–water partition coefficient (Wildman–Crippen LogP) is 2.13. The first-order chi connectivity index (χ1) is 10.1. The number of carbonyl (C=O) groups excluding carboxylic acids is 1. The summed E-state index contributed by atoms with van der Waals surface area (Å²) in [7, 11) is 1.73. The van der Waals surface area contributed by atoms with Crippen molar-refractivity contribution >= 4 is 35.8 Å². The summed E-state index contributed by atoms with van der Waals surface area (Å²) < 4.78 is 0. The number of carbonyl (C=O) groups is 1. The van der Waals surface area contributed by atoms with Gasteiger partial charge in [-0.3, -0.25) is 9.79 Å². The van der Waals surface area contributed by atoms with Crippen LogP contribution in [0.5, 0.6) is 0 Å². The van der Waals surface area contributed by atoms with Crippen molar-refractivity contribution in [3.05, 3.63) is 35.9 Å². The van der Waals surface area contributed by atoms with Crippen LogP contribution in [-0.2, 0) is 11.3 Å². The molecule has 0 saturated heterocycles. The van der Waals surface area contributed by atoms with Crippen LogP contribution in [0.25, 0.3) is 0 Å². The fourth-order valence-electron chi connectivity index (χ4n) is 1.70. The van der Waals surface area contributed by atoms with Crippen LogP contribution in [0.15, 0.2) is 35.3 Å². The minimum atomic E-state index is 0. The lowest BCUT2D eigenvalue weighted by atomic mass is 10.2. The second kappa shape index (κ2) is 12.3. The third-order valence-corrected chi connectivity index (χ3v) is 2.88. The molecular weight excluding hydrogens is 391 g/mol. The van der Waals surface area contributed by atoms with E-state index in [0.29, 0.717) is 25.4 Å². The third-order valence-electron chi connectivity index (χ3n) is 2.88. The highest BCUT2D eigenvalue weighted by Crippen LogP contribution is 1.97. The summed E-state index contributed by atoms with van der Waals surface area (Å²) in [5, 5.41) is 9.24. The minimum Gasteiger partial charge on any atom is -0.356 e. The molecule has 3 N–H and O–H groups in total. The van der Waals surface area contributed by atoms with E-state index >= 15 is 0 Å². The molecule has 22 heavy (non-hydrogen) atoms. The topological polar surface area (TPSA) is 65.5 Å². The molecule has 124 valence electrons. The summed E-state index contributed by atoms with van der Waals surface area (Å²) >= 11 is 0. The summed E-state index contributed by atoms with van der Waals surface area (Å²) in [4.78, 5) is 15.9. The van der Waals surface area contributed by atoms with E-state index in [0.717, 1.165) is 18.1 Å². The molecule has 0 aliphatic rings. The first-order valence-electron chi connectivity index (χ1n) is 7.37. The van der Waals surface area contributed by atoms with E-state index in [1.807, 2.05) is 30.3 Å². The molecule has 5 nitrogen and oxygen atoms in total. The fourth-order valence-corrected chi connectivity index (χ4v) is 1.70. The standard InChI is InChI=1S/C16H26N4O.HI/c1-13(2)11-20-16(17-3)18-10-9-15(21)19-12-14-7-5-4-6-8-14;/h4-8,13H,9-12H2,1-3H3,(H,19,21)(H2,17,18,20);1H. The normalized spacial score (nSPS) is 10.8. The molecule has 0 saturated carbocycles. The van der Waals surface area contributed by atoms with Crippen molar-refractivity contribution in [3.63, 3.8) is 0 Å². The van der Waals surface area contributed by atoms with Crippen LogP contribution in [0.3, 0.4) is 0 Å². The van der Waals surface area contributed by atoms with Gasteiger partial charge in [0.05, 0.1) is 0 Å². The summed E-state index contributed by atoms with van der Waals surface area (Å²) in [6.45, 7) is 6.27. The molecule has 1 rings (SSSR count). The number of rotatable bonds is 7. The maximum absolute atomic E-state index is 11.7. The van der Waals surface area contributed by atoms with Gasteiger partial charge in [-0.15, -0.1) is 24.0 Å². The molecule has 0 fully saturated rings. The average Bonchev–Trinajstić information content (AvgIpc) is 2.49. The van der Waals surface area contributed by atoms with Gasteiger partial charge in [0.2, 0.25) is 5.91 Å². The molecule has 1 aromatic rings. The first kappa shape index (κ1) is 20.7. The van der Waals surface area contributed by atoms with Crippen molar-refractivity contribution in [2.24, 2.45) is 10.9 Å². The van der Waals surface area contributed by atoms with Gasteiger partial charge in [0.15, 0.2) is 5.96 Å². The van der Waals surface area contributed by atoms with Crippen LogP contribution in [0.1, 0.15) is 25.8 Å². The molecule has 1 aromatic carbocycles.